The normalized spacial score (nSPS) is 10.6. The Kier molecular flexibility index (Phi) is 7.13. The van der Waals surface area contributed by atoms with Crippen molar-refractivity contribution in [3.63, 3.8) is 0 Å². The average molecular weight is 418 g/mol. The van der Waals surface area contributed by atoms with Crippen molar-refractivity contribution in [2.45, 2.75) is 46.1 Å². The number of rotatable bonds is 8. The molecule has 1 heterocycles. The third kappa shape index (κ3) is 4.46. The molecule has 0 atom stereocenters. The molecule has 0 fully saturated rings. The lowest BCUT2D eigenvalue weighted by Crippen LogP contribution is -2.27. The van der Waals surface area contributed by atoms with Crippen LogP contribution < -0.4 is 5.56 Å². The number of unbranched alkanes of at least 4 members (excludes halogenated alkanes) is 3. The molecule has 0 bridgehead atoms. The number of benzene rings is 1. The zero-order valence-corrected chi connectivity index (χ0v) is 16.8. The number of pyridine rings is 1. The first-order valence-electron chi connectivity index (χ1n) is 9.09. The highest BCUT2D eigenvalue weighted by Crippen LogP contribution is 2.29. The Labute approximate surface area is 172 Å². The Morgan fingerprint density at radius 2 is 2.03 bits per heavy atom. The zero-order chi connectivity index (χ0) is 21.7. The zero-order valence-electron chi connectivity index (χ0n) is 16.1. The van der Waals surface area contributed by atoms with Gasteiger partial charge in [-0.3, -0.25) is 24.3 Å². The van der Waals surface area contributed by atoms with Crippen LogP contribution in [0.3, 0.4) is 0 Å². The van der Waals surface area contributed by atoms with Crippen LogP contribution >= 0.6 is 11.6 Å². The van der Waals surface area contributed by atoms with E-state index in [1.807, 2.05) is 6.92 Å². The summed E-state index contributed by atoms with van der Waals surface area (Å²) >= 11 is 5.79. The van der Waals surface area contributed by atoms with E-state index in [0.717, 1.165) is 29.9 Å². The fourth-order valence-electron chi connectivity index (χ4n) is 3.07. The predicted octanol–water partition coefficient (Wildman–Crippen LogP) is 4.11. The second-order valence-corrected chi connectivity index (χ2v) is 6.99. The first-order chi connectivity index (χ1) is 13.7. The lowest BCUT2D eigenvalue weighted by molar-refractivity contribution is -0.384. The number of hydrogen-bond donors (Lipinski definition) is 1. The van der Waals surface area contributed by atoms with Gasteiger partial charge in [0.1, 0.15) is 16.7 Å². The standard InChI is InChI=1S/C20H20ClN3O5/c1-3-4-5-6-9-23-19(26)14(11-22)12(2)17(20(23)27)18(25)13-7-8-15(21)16(10-13)24(28)29/h7-8,10,27H,3-6,9H2,1-2H3. The molecule has 0 aliphatic rings. The Hall–Kier alpha value is -3.18. The van der Waals surface area contributed by atoms with E-state index in [2.05, 4.69) is 0 Å². The minimum absolute atomic E-state index is 0.0300. The van der Waals surface area contributed by atoms with Gasteiger partial charge in [-0.15, -0.1) is 0 Å². The molecule has 0 radical (unpaired) electrons. The number of nitriles is 1. The summed E-state index contributed by atoms with van der Waals surface area (Å²) in [5.41, 5.74) is -1.65. The first kappa shape index (κ1) is 22.1. The molecule has 0 amide bonds. The third-order valence-corrected chi connectivity index (χ3v) is 4.99. The van der Waals surface area contributed by atoms with Gasteiger partial charge < -0.3 is 5.11 Å². The molecule has 0 saturated heterocycles. The lowest BCUT2D eigenvalue weighted by atomic mass is 9.97. The third-order valence-electron chi connectivity index (χ3n) is 4.67. The summed E-state index contributed by atoms with van der Waals surface area (Å²) in [5, 5.41) is 31.0. The summed E-state index contributed by atoms with van der Waals surface area (Å²) < 4.78 is 1.01. The minimum atomic E-state index is -0.737. The summed E-state index contributed by atoms with van der Waals surface area (Å²) in [7, 11) is 0. The van der Waals surface area contributed by atoms with E-state index in [0.29, 0.717) is 6.42 Å². The van der Waals surface area contributed by atoms with Crippen molar-refractivity contribution in [2.24, 2.45) is 0 Å². The summed E-state index contributed by atoms with van der Waals surface area (Å²) in [4.78, 5) is 36.0. The van der Waals surface area contributed by atoms with Gasteiger partial charge in [-0.25, -0.2) is 0 Å². The Morgan fingerprint density at radius 1 is 1.34 bits per heavy atom. The quantitative estimate of drug-likeness (QED) is 0.298. The van der Waals surface area contributed by atoms with Crippen LogP contribution in [0.25, 0.3) is 0 Å². The van der Waals surface area contributed by atoms with Crippen molar-refractivity contribution in [1.82, 2.24) is 4.57 Å². The second-order valence-electron chi connectivity index (χ2n) is 6.58. The summed E-state index contributed by atoms with van der Waals surface area (Å²) in [6.45, 7) is 3.57. The summed E-state index contributed by atoms with van der Waals surface area (Å²) in [6.07, 6.45) is 3.35. The van der Waals surface area contributed by atoms with Crippen molar-refractivity contribution in [3.05, 3.63) is 65.9 Å². The minimum Gasteiger partial charge on any atom is -0.494 e. The molecule has 9 heteroatoms. The maximum atomic E-state index is 13.0. The molecule has 8 nitrogen and oxygen atoms in total. The highest BCUT2D eigenvalue weighted by atomic mass is 35.5. The van der Waals surface area contributed by atoms with E-state index < -0.39 is 27.8 Å². The molecule has 0 saturated carbocycles. The summed E-state index contributed by atoms with van der Waals surface area (Å²) in [5.74, 6) is -1.29. The van der Waals surface area contributed by atoms with Crippen molar-refractivity contribution < 1.29 is 14.8 Å². The average Bonchev–Trinajstić information content (AvgIpc) is 2.67. The molecule has 1 aromatic carbocycles. The number of aromatic nitrogens is 1. The van der Waals surface area contributed by atoms with Gasteiger partial charge in [0.05, 0.1) is 10.5 Å². The fourth-order valence-corrected chi connectivity index (χ4v) is 3.25. The van der Waals surface area contributed by atoms with Crippen molar-refractivity contribution in [3.8, 4) is 11.9 Å². The monoisotopic (exact) mass is 417 g/mol. The van der Waals surface area contributed by atoms with Crippen molar-refractivity contribution >= 4 is 23.1 Å². The predicted molar refractivity (Wildman–Crippen MR) is 107 cm³/mol. The van der Waals surface area contributed by atoms with Crippen LogP contribution in [-0.4, -0.2) is 20.4 Å². The first-order valence-corrected chi connectivity index (χ1v) is 9.47. The smallest absolute Gasteiger partial charge is 0.288 e. The van der Waals surface area contributed by atoms with E-state index in [4.69, 9.17) is 11.6 Å². The number of nitrogens with zero attached hydrogens (tertiary/aromatic N) is 3. The molecular formula is C20H20ClN3O5. The van der Waals surface area contributed by atoms with Crippen LogP contribution in [0, 0.1) is 28.4 Å². The molecule has 0 aliphatic carbocycles. The summed E-state index contributed by atoms with van der Waals surface area (Å²) in [6, 6.07) is 5.30. The maximum absolute atomic E-state index is 13.0. The molecule has 0 spiro atoms. The number of aromatic hydroxyl groups is 1. The molecule has 0 aliphatic heterocycles. The van der Waals surface area contributed by atoms with Gasteiger partial charge in [-0.2, -0.15) is 5.26 Å². The van der Waals surface area contributed by atoms with Gasteiger partial charge in [0.15, 0.2) is 5.78 Å². The fraction of sp³-hybridized carbons (Fsp3) is 0.350. The van der Waals surface area contributed by atoms with Gasteiger partial charge in [0.25, 0.3) is 11.2 Å². The van der Waals surface area contributed by atoms with Crippen LogP contribution in [0.4, 0.5) is 5.69 Å². The van der Waals surface area contributed by atoms with Crippen molar-refractivity contribution in [2.75, 3.05) is 0 Å². The molecule has 1 N–H and O–H groups in total. The Morgan fingerprint density at radius 3 is 2.62 bits per heavy atom. The molecule has 2 aromatic rings. The molecule has 152 valence electrons. The topological polar surface area (TPSA) is 126 Å². The SMILES string of the molecule is CCCCCCn1c(O)c(C(=O)c2ccc(Cl)c([N+](=O)[O-])c2)c(C)c(C#N)c1=O. The van der Waals surface area contributed by atoms with Gasteiger partial charge in [0, 0.05) is 18.2 Å². The van der Waals surface area contributed by atoms with E-state index in [1.54, 1.807) is 6.07 Å². The lowest BCUT2D eigenvalue weighted by Gasteiger charge is -2.15. The number of carbonyl (C=O) groups excluding carboxylic acids is 1. The Bertz CT molecular complexity index is 1070. The van der Waals surface area contributed by atoms with E-state index >= 15 is 0 Å². The maximum Gasteiger partial charge on any atom is 0.288 e. The van der Waals surface area contributed by atoms with E-state index in [-0.39, 0.29) is 33.8 Å². The highest BCUT2D eigenvalue weighted by molar-refractivity contribution is 6.32. The number of carbonyl (C=O) groups is 1. The number of nitro benzene ring substituents is 1. The molecule has 1 aromatic heterocycles. The number of halogens is 1. The number of ketones is 1. The van der Waals surface area contributed by atoms with E-state index in [9.17, 15) is 30.1 Å². The molecule has 0 unspecified atom stereocenters. The largest absolute Gasteiger partial charge is 0.494 e. The van der Waals surface area contributed by atoms with Gasteiger partial charge >= 0.3 is 0 Å². The highest BCUT2D eigenvalue weighted by Gasteiger charge is 2.26. The Balaban J connectivity index is 2.61. The van der Waals surface area contributed by atoms with Gasteiger partial charge in [0.2, 0.25) is 5.88 Å². The van der Waals surface area contributed by atoms with E-state index in [1.165, 1.54) is 19.1 Å². The molecule has 2 rings (SSSR count). The molecule has 29 heavy (non-hydrogen) atoms. The van der Waals surface area contributed by atoms with Crippen LogP contribution in [0.15, 0.2) is 23.0 Å². The van der Waals surface area contributed by atoms with Gasteiger partial charge in [-0.05, 0) is 31.0 Å². The second kappa shape index (κ2) is 9.34. The van der Waals surface area contributed by atoms with Gasteiger partial charge in [-0.1, -0.05) is 37.8 Å². The van der Waals surface area contributed by atoms with Crippen molar-refractivity contribution in [1.29, 1.82) is 5.26 Å². The van der Waals surface area contributed by atoms with Crippen LogP contribution in [0.5, 0.6) is 5.88 Å². The number of nitro groups is 1. The van der Waals surface area contributed by atoms with Crippen LogP contribution in [0.2, 0.25) is 5.02 Å². The van der Waals surface area contributed by atoms with Crippen LogP contribution in [-0.2, 0) is 6.54 Å². The molecular weight excluding hydrogens is 398 g/mol. The number of hydrogen-bond acceptors (Lipinski definition) is 6. The van der Waals surface area contributed by atoms with Crippen LogP contribution in [0.1, 0.15) is 59.7 Å².